The van der Waals surface area contributed by atoms with Crippen LogP contribution in [0.15, 0.2) is 30.5 Å². The fourth-order valence-corrected chi connectivity index (χ4v) is 4.92. The minimum atomic E-state index is -0.526. The van der Waals surface area contributed by atoms with Gasteiger partial charge in [-0.2, -0.15) is 0 Å². The Labute approximate surface area is 213 Å². The zero-order chi connectivity index (χ0) is 25.4. The molecule has 0 saturated carbocycles. The van der Waals surface area contributed by atoms with E-state index in [9.17, 15) is 14.4 Å². The van der Waals surface area contributed by atoms with Gasteiger partial charge in [0.15, 0.2) is 5.01 Å². The number of carbonyl (C=O) groups excluding carboxylic acids is 3. The first-order valence-corrected chi connectivity index (χ1v) is 12.5. The molecule has 4 N–H and O–H groups in total. The average Bonchev–Trinajstić information content (AvgIpc) is 3.28. The number of piperidine rings is 1. The molecule has 1 aromatic carbocycles. The first-order valence-electron chi connectivity index (χ1n) is 11.3. The van der Waals surface area contributed by atoms with Crippen LogP contribution in [0, 0.1) is 0 Å². The Morgan fingerprint density at radius 3 is 2.43 bits per heavy atom. The molecule has 2 aliphatic heterocycles. The van der Waals surface area contributed by atoms with Crippen molar-refractivity contribution in [1.82, 2.24) is 19.8 Å². The van der Waals surface area contributed by atoms with Crippen LogP contribution in [-0.2, 0) is 17.8 Å². The number of likely N-dealkylation sites (N-methyl/N-ethyl adjacent to an activating group) is 1. The summed E-state index contributed by atoms with van der Waals surface area (Å²) in [6.07, 6.45) is 7.14. The van der Waals surface area contributed by atoms with E-state index in [1.54, 1.807) is 24.4 Å². The maximum Gasteiger partial charge on any atom is 0.277 e. The van der Waals surface area contributed by atoms with Crippen molar-refractivity contribution in [2.75, 3.05) is 26.7 Å². The summed E-state index contributed by atoms with van der Waals surface area (Å²) in [5, 5.41) is 2.88. The number of thiazole rings is 1. The highest BCUT2D eigenvalue weighted by Crippen LogP contribution is 2.24. The highest BCUT2D eigenvalue weighted by molar-refractivity contribution is 7.13. The molecular weight excluding hydrogens is 488 g/mol. The van der Waals surface area contributed by atoms with Gasteiger partial charge in [-0.3, -0.25) is 19.4 Å². The highest BCUT2D eigenvalue weighted by atomic mass is 35.5. The van der Waals surface area contributed by atoms with Crippen molar-refractivity contribution >= 4 is 51.9 Å². The molecule has 186 valence electrons. The number of primary amides is 2. The number of benzene rings is 1. The number of halogens is 1. The third kappa shape index (κ3) is 7.71. The SMILES string of the molecule is CN1CCc2nc(C(N)=O)sc2C1.NC(=O)c1cc2ccc(Cl)cc2cn1.O=CN1CCCCC1. The minimum Gasteiger partial charge on any atom is -0.364 e. The molecule has 0 atom stereocenters. The number of aromatic nitrogens is 2. The molecule has 0 radical (unpaired) electrons. The molecule has 3 amide bonds. The number of pyridine rings is 1. The maximum absolute atomic E-state index is 10.9. The lowest BCUT2D eigenvalue weighted by atomic mass is 10.1. The molecule has 1 fully saturated rings. The number of nitrogens with zero attached hydrogens (tertiary/aromatic N) is 4. The van der Waals surface area contributed by atoms with E-state index in [1.165, 1.54) is 35.5 Å². The van der Waals surface area contributed by atoms with Gasteiger partial charge in [-0.05, 0) is 49.9 Å². The summed E-state index contributed by atoms with van der Waals surface area (Å²) in [7, 11) is 2.06. The molecule has 2 aromatic heterocycles. The number of amides is 3. The van der Waals surface area contributed by atoms with Crippen molar-refractivity contribution in [1.29, 1.82) is 0 Å². The molecule has 2 aliphatic rings. The fraction of sp³-hybridized carbons (Fsp3) is 0.375. The number of carbonyl (C=O) groups is 3. The summed E-state index contributed by atoms with van der Waals surface area (Å²) in [4.78, 5) is 45.1. The van der Waals surface area contributed by atoms with Crippen LogP contribution in [0.2, 0.25) is 5.02 Å². The predicted octanol–water partition coefficient (Wildman–Crippen LogP) is 2.85. The van der Waals surface area contributed by atoms with Crippen molar-refractivity contribution < 1.29 is 14.4 Å². The third-order valence-electron chi connectivity index (χ3n) is 5.61. The molecule has 0 unspecified atom stereocenters. The minimum absolute atomic E-state index is 0.264. The zero-order valence-corrected chi connectivity index (χ0v) is 21.1. The number of hydrogen-bond donors (Lipinski definition) is 2. The number of likely N-dealkylation sites (tertiary alicyclic amines) is 1. The number of rotatable bonds is 3. The summed E-state index contributed by atoms with van der Waals surface area (Å²) < 4.78 is 0. The van der Waals surface area contributed by atoms with Crippen molar-refractivity contribution in [3.8, 4) is 0 Å². The summed E-state index contributed by atoms with van der Waals surface area (Å²) in [6, 6.07) is 7.02. The summed E-state index contributed by atoms with van der Waals surface area (Å²) in [5.41, 5.74) is 11.6. The van der Waals surface area contributed by atoms with Crippen LogP contribution in [-0.4, -0.2) is 64.7 Å². The average molecular weight is 517 g/mol. The second-order valence-electron chi connectivity index (χ2n) is 8.37. The van der Waals surface area contributed by atoms with E-state index < -0.39 is 11.8 Å². The molecule has 0 bridgehead atoms. The van der Waals surface area contributed by atoms with Gasteiger partial charge in [-0.1, -0.05) is 17.7 Å². The number of nitrogens with two attached hydrogens (primary N) is 2. The molecule has 11 heteroatoms. The van der Waals surface area contributed by atoms with Gasteiger partial charge < -0.3 is 21.3 Å². The Bertz CT molecular complexity index is 1200. The summed E-state index contributed by atoms with van der Waals surface area (Å²) >= 11 is 7.22. The van der Waals surface area contributed by atoms with Crippen LogP contribution in [0.4, 0.5) is 0 Å². The second-order valence-corrected chi connectivity index (χ2v) is 9.89. The monoisotopic (exact) mass is 516 g/mol. The summed E-state index contributed by atoms with van der Waals surface area (Å²) in [6.45, 7) is 3.85. The van der Waals surface area contributed by atoms with Gasteiger partial charge in [0.2, 0.25) is 6.41 Å². The first kappa shape index (κ1) is 26.5. The van der Waals surface area contributed by atoms with E-state index in [2.05, 4.69) is 21.9 Å². The summed E-state index contributed by atoms with van der Waals surface area (Å²) in [5.74, 6) is -0.941. The van der Waals surface area contributed by atoms with Crippen LogP contribution in [0.5, 0.6) is 0 Å². The Hall–Kier alpha value is -3.08. The van der Waals surface area contributed by atoms with Crippen LogP contribution in [0.25, 0.3) is 10.8 Å². The fourth-order valence-electron chi connectivity index (χ4n) is 3.70. The molecule has 9 nitrogen and oxygen atoms in total. The normalized spacial score (nSPS) is 15.2. The largest absolute Gasteiger partial charge is 0.364 e. The van der Waals surface area contributed by atoms with Gasteiger partial charge in [0.05, 0.1) is 5.69 Å². The van der Waals surface area contributed by atoms with Crippen molar-refractivity contribution in [2.45, 2.75) is 32.2 Å². The molecule has 5 rings (SSSR count). The first-order chi connectivity index (χ1) is 16.8. The van der Waals surface area contributed by atoms with E-state index in [1.807, 2.05) is 11.0 Å². The Kier molecular flexibility index (Phi) is 9.53. The van der Waals surface area contributed by atoms with Crippen LogP contribution in [0.1, 0.15) is 50.1 Å². The van der Waals surface area contributed by atoms with Gasteiger partial charge in [-0.15, -0.1) is 11.3 Å². The smallest absolute Gasteiger partial charge is 0.277 e. The van der Waals surface area contributed by atoms with Gasteiger partial charge in [0.1, 0.15) is 5.69 Å². The van der Waals surface area contributed by atoms with Crippen molar-refractivity contribution in [3.63, 3.8) is 0 Å². The lowest BCUT2D eigenvalue weighted by Gasteiger charge is -2.21. The van der Waals surface area contributed by atoms with Gasteiger partial charge in [0, 0.05) is 54.1 Å². The van der Waals surface area contributed by atoms with Crippen LogP contribution < -0.4 is 11.5 Å². The predicted molar refractivity (Wildman–Crippen MR) is 137 cm³/mol. The highest BCUT2D eigenvalue weighted by Gasteiger charge is 2.19. The van der Waals surface area contributed by atoms with E-state index in [0.717, 1.165) is 55.5 Å². The molecule has 35 heavy (non-hydrogen) atoms. The number of hydrogen-bond acceptors (Lipinski definition) is 7. The van der Waals surface area contributed by atoms with Gasteiger partial charge in [0.25, 0.3) is 11.8 Å². The van der Waals surface area contributed by atoms with Crippen molar-refractivity contribution in [2.24, 2.45) is 11.5 Å². The molecule has 0 aliphatic carbocycles. The van der Waals surface area contributed by atoms with E-state index in [0.29, 0.717) is 10.0 Å². The molecule has 1 saturated heterocycles. The topological polar surface area (TPSA) is 136 Å². The lowest BCUT2D eigenvalue weighted by Crippen LogP contribution is -2.27. The Morgan fingerprint density at radius 2 is 1.80 bits per heavy atom. The maximum atomic E-state index is 10.9. The van der Waals surface area contributed by atoms with E-state index >= 15 is 0 Å². The lowest BCUT2D eigenvalue weighted by molar-refractivity contribution is -0.118. The van der Waals surface area contributed by atoms with Crippen molar-refractivity contribution in [3.05, 3.63) is 56.8 Å². The van der Waals surface area contributed by atoms with Crippen LogP contribution in [0.3, 0.4) is 0 Å². The number of fused-ring (bicyclic) bond motifs is 2. The third-order valence-corrected chi connectivity index (χ3v) is 6.94. The molecular formula is C24H29ClN6O3S. The zero-order valence-electron chi connectivity index (χ0n) is 19.6. The molecule has 0 spiro atoms. The standard InChI is InChI=1S/C10H7ClN2O.C8H11N3OS.C6H11NO/c11-8-2-1-6-4-9(10(12)14)13-5-7(6)3-8;1-11-3-2-5-6(4-11)13-8(10-5)7(9)12;8-6-7-4-2-1-3-5-7/h1-5H,(H2,12,14);2-4H2,1H3,(H2,9,12);6H,1-5H2. The Balaban J connectivity index is 0.000000152. The Morgan fingerprint density at radius 1 is 1.06 bits per heavy atom. The second kappa shape index (κ2) is 12.6. The van der Waals surface area contributed by atoms with Gasteiger partial charge in [-0.25, -0.2) is 4.98 Å². The van der Waals surface area contributed by atoms with E-state index in [-0.39, 0.29) is 5.69 Å². The van der Waals surface area contributed by atoms with Crippen LogP contribution >= 0.6 is 22.9 Å². The van der Waals surface area contributed by atoms with Gasteiger partial charge >= 0.3 is 0 Å². The molecule has 4 heterocycles. The quantitative estimate of drug-likeness (QED) is 0.514. The molecule has 3 aromatic rings. The van der Waals surface area contributed by atoms with E-state index in [4.69, 9.17) is 23.1 Å².